The zero-order chi connectivity index (χ0) is 21.6. The Morgan fingerprint density at radius 2 is 1.69 bits per heavy atom. The highest BCUT2D eigenvalue weighted by molar-refractivity contribution is 5.87. The van der Waals surface area contributed by atoms with Crippen molar-refractivity contribution in [3.05, 3.63) is 70.8 Å². The second kappa shape index (κ2) is 9.60. The summed E-state index contributed by atoms with van der Waals surface area (Å²) in [7, 11) is 0. The van der Waals surface area contributed by atoms with Gasteiger partial charge in [0.25, 0.3) is 0 Å². The number of carboxylic acid groups (broad SMARTS) is 1. The van der Waals surface area contributed by atoms with E-state index in [2.05, 4.69) is 5.32 Å². The van der Waals surface area contributed by atoms with E-state index in [1.54, 1.807) is 24.3 Å². The maximum absolute atomic E-state index is 12.3. The number of aliphatic hydroxyl groups excluding tert-OH is 1. The van der Waals surface area contributed by atoms with Gasteiger partial charge in [0.15, 0.2) is 11.6 Å². The number of aliphatic hydroxyl groups is 1. The smallest absolute Gasteiger partial charge is 0.335 e. The lowest BCUT2D eigenvalue weighted by Gasteiger charge is -2.19. The predicted octanol–water partition coefficient (Wildman–Crippen LogP) is 3.99. The molecule has 2 aromatic carbocycles. The lowest BCUT2D eigenvalue weighted by Crippen LogP contribution is -2.35. The number of nitrogens with one attached hydrogen (secondary N) is 1. The first-order valence-electron chi connectivity index (χ1n) is 9.36. The van der Waals surface area contributed by atoms with Crippen molar-refractivity contribution in [1.29, 1.82) is 0 Å². The first kappa shape index (κ1) is 22.5. The summed E-state index contributed by atoms with van der Waals surface area (Å²) >= 11 is 0. The summed E-state index contributed by atoms with van der Waals surface area (Å²) in [4.78, 5) is 22.7. The van der Waals surface area contributed by atoms with Gasteiger partial charge in [-0.25, -0.2) is 13.6 Å². The summed E-state index contributed by atoms with van der Waals surface area (Å²) in [6.07, 6.45) is 2.36. The molecule has 0 saturated heterocycles. The number of rotatable bonds is 6. The lowest BCUT2D eigenvalue weighted by atomic mass is 10.0. The minimum absolute atomic E-state index is 0.0646. The summed E-state index contributed by atoms with van der Waals surface area (Å²) in [6, 6.07) is 10.1. The Balaban J connectivity index is 0.000000253. The van der Waals surface area contributed by atoms with Crippen LogP contribution in [0.2, 0.25) is 0 Å². The molecule has 1 amide bonds. The highest BCUT2D eigenvalue weighted by Crippen LogP contribution is 2.45. The van der Waals surface area contributed by atoms with Gasteiger partial charge in [0.1, 0.15) is 0 Å². The van der Waals surface area contributed by atoms with Gasteiger partial charge >= 0.3 is 5.97 Å². The fourth-order valence-corrected chi connectivity index (χ4v) is 2.87. The quantitative estimate of drug-likeness (QED) is 0.678. The van der Waals surface area contributed by atoms with Crippen molar-refractivity contribution < 1.29 is 28.6 Å². The molecule has 0 aliphatic heterocycles. The number of amides is 1. The third-order valence-electron chi connectivity index (χ3n) is 4.57. The molecule has 7 heteroatoms. The van der Waals surface area contributed by atoms with Crippen molar-refractivity contribution in [2.75, 3.05) is 0 Å². The molecule has 1 saturated carbocycles. The van der Waals surface area contributed by atoms with Crippen LogP contribution in [0.1, 0.15) is 54.6 Å². The van der Waals surface area contributed by atoms with E-state index >= 15 is 0 Å². The molecule has 3 N–H and O–H groups in total. The van der Waals surface area contributed by atoms with Gasteiger partial charge < -0.3 is 15.5 Å². The topological polar surface area (TPSA) is 86.6 Å². The fraction of sp³-hybridized carbons (Fsp3) is 0.364. The molecule has 156 valence electrons. The number of hydrogen-bond donors (Lipinski definition) is 3. The Hall–Kier alpha value is -2.80. The van der Waals surface area contributed by atoms with Crippen LogP contribution in [0.15, 0.2) is 42.5 Å². The lowest BCUT2D eigenvalue weighted by molar-refractivity contribution is -0.122. The maximum Gasteiger partial charge on any atom is 0.335 e. The summed E-state index contributed by atoms with van der Waals surface area (Å²) in [5, 5.41) is 20.4. The number of hydrogen-bond acceptors (Lipinski definition) is 3. The summed E-state index contributed by atoms with van der Waals surface area (Å²) in [5.74, 6) is -2.34. The van der Waals surface area contributed by atoms with Crippen molar-refractivity contribution in [2.24, 2.45) is 5.92 Å². The molecule has 1 aliphatic rings. The minimum Gasteiger partial charge on any atom is -0.478 e. The van der Waals surface area contributed by atoms with Gasteiger partial charge in [-0.05, 0) is 54.2 Å². The number of benzene rings is 2. The zero-order valence-electron chi connectivity index (χ0n) is 16.4. The highest BCUT2D eigenvalue weighted by Gasteiger charge is 2.45. The van der Waals surface area contributed by atoms with Crippen LogP contribution in [0.25, 0.3) is 0 Å². The molecule has 0 bridgehead atoms. The van der Waals surface area contributed by atoms with Crippen LogP contribution < -0.4 is 5.32 Å². The number of aromatic carboxylic acids is 1. The summed E-state index contributed by atoms with van der Waals surface area (Å²) in [6.45, 7) is 3.76. The van der Waals surface area contributed by atoms with Crippen molar-refractivity contribution >= 4 is 11.9 Å². The summed E-state index contributed by atoms with van der Waals surface area (Å²) in [5.41, 5.74) is 1.38. The van der Waals surface area contributed by atoms with E-state index in [1.165, 1.54) is 6.07 Å². The van der Waals surface area contributed by atoms with Crippen LogP contribution in [0.4, 0.5) is 8.78 Å². The Labute approximate surface area is 168 Å². The molecule has 0 atom stereocenters. The minimum atomic E-state index is -0.930. The number of carbonyl (C=O) groups excluding carboxylic acids is 1. The first-order chi connectivity index (χ1) is 13.7. The average molecular weight is 405 g/mol. The summed E-state index contributed by atoms with van der Waals surface area (Å²) < 4.78 is 24.5. The molecule has 1 aliphatic carbocycles. The van der Waals surface area contributed by atoms with Crippen LogP contribution in [0.3, 0.4) is 0 Å². The second-order valence-electron chi connectivity index (χ2n) is 7.52. The van der Waals surface area contributed by atoms with Crippen LogP contribution in [-0.4, -0.2) is 22.1 Å². The van der Waals surface area contributed by atoms with Crippen LogP contribution in [0.5, 0.6) is 0 Å². The molecule has 0 spiro atoms. The second-order valence-corrected chi connectivity index (χ2v) is 7.52. The molecule has 5 nitrogen and oxygen atoms in total. The predicted molar refractivity (Wildman–Crippen MR) is 104 cm³/mol. The van der Waals surface area contributed by atoms with Crippen LogP contribution in [-0.2, 0) is 16.9 Å². The van der Waals surface area contributed by atoms with Crippen LogP contribution in [0, 0.1) is 17.6 Å². The van der Waals surface area contributed by atoms with Gasteiger partial charge in [-0.3, -0.25) is 4.79 Å². The normalized spacial score (nSPS) is 14.0. The van der Waals surface area contributed by atoms with E-state index in [9.17, 15) is 18.4 Å². The van der Waals surface area contributed by atoms with Crippen molar-refractivity contribution in [1.82, 2.24) is 5.32 Å². The van der Waals surface area contributed by atoms with E-state index in [-0.39, 0.29) is 23.6 Å². The fourth-order valence-electron chi connectivity index (χ4n) is 2.87. The standard InChI is InChI=1S/C15H19NO3.C7H6F2O/c1-10(2)9-13(17)16-15(7-8-15)12-5-3-11(4-6-12)14(18)19;8-6-2-1-5(4-10)3-7(6)9/h3-6,10H,7-9H2,1-2H3,(H,16,17)(H,18,19);1-3,10H,4H2. The molecule has 0 radical (unpaired) electrons. The molecule has 3 rings (SSSR count). The van der Waals surface area contributed by atoms with E-state index < -0.39 is 17.6 Å². The van der Waals surface area contributed by atoms with Gasteiger partial charge in [0, 0.05) is 6.42 Å². The molecule has 2 aromatic rings. The molecular weight excluding hydrogens is 380 g/mol. The molecule has 29 heavy (non-hydrogen) atoms. The Kier molecular flexibility index (Phi) is 7.45. The van der Waals surface area contributed by atoms with E-state index in [4.69, 9.17) is 10.2 Å². The van der Waals surface area contributed by atoms with Crippen molar-refractivity contribution in [3.63, 3.8) is 0 Å². The van der Waals surface area contributed by atoms with E-state index in [1.807, 2.05) is 13.8 Å². The number of carbonyl (C=O) groups is 2. The largest absolute Gasteiger partial charge is 0.478 e. The third kappa shape index (κ3) is 6.35. The van der Waals surface area contributed by atoms with Gasteiger partial charge in [-0.2, -0.15) is 0 Å². The SMILES string of the molecule is CC(C)CC(=O)NC1(c2ccc(C(=O)O)cc2)CC1.OCc1ccc(F)c(F)c1. The molecular formula is C22H25F2NO4. The van der Waals surface area contributed by atoms with Gasteiger partial charge in [-0.1, -0.05) is 32.0 Å². The van der Waals surface area contributed by atoms with E-state index in [0.29, 0.717) is 17.9 Å². The average Bonchev–Trinajstić information content (AvgIpc) is 3.44. The maximum atomic E-state index is 12.3. The van der Waals surface area contributed by atoms with Gasteiger partial charge in [-0.15, -0.1) is 0 Å². The Morgan fingerprint density at radius 1 is 1.07 bits per heavy atom. The molecule has 0 aromatic heterocycles. The number of carboxylic acids is 1. The van der Waals surface area contributed by atoms with Gasteiger partial charge in [0.05, 0.1) is 17.7 Å². The first-order valence-corrected chi connectivity index (χ1v) is 9.36. The third-order valence-corrected chi connectivity index (χ3v) is 4.57. The Bertz CT molecular complexity index is 862. The van der Waals surface area contributed by atoms with Crippen molar-refractivity contribution in [3.8, 4) is 0 Å². The molecule has 0 heterocycles. The number of halogens is 2. The van der Waals surface area contributed by atoms with Gasteiger partial charge in [0.2, 0.25) is 5.91 Å². The Morgan fingerprint density at radius 3 is 2.14 bits per heavy atom. The zero-order valence-corrected chi connectivity index (χ0v) is 16.4. The molecule has 1 fully saturated rings. The van der Waals surface area contributed by atoms with Crippen LogP contribution >= 0.6 is 0 Å². The molecule has 0 unspecified atom stereocenters. The highest BCUT2D eigenvalue weighted by atomic mass is 19.2. The monoisotopic (exact) mass is 405 g/mol. The van der Waals surface area contributed by atoms with Crippen molar-refractivity contribution in [2.45, 2.75) is 45.3 Å². The van der Waals surface area contributed by atoms with E-state index in [0.717, 1.165) is 30.5 Å².